The number of hydrogen-bond donors (Lipinski definition) is 0. The van der Waals surface area contributed by atoms with Crippen LogP contribution in [0.5, 0.6) is 0 Å². The topological polar surface area (TPSA) is 18.5 Å². The van der Waals surface area contributed by atoms with Gasteiger partial charge in [0.2, 0.25) is 0 Å². The molecule has 0 unspecified atom stereocenters. The van der Waals surface area contributed by atoms with Crippen LogP contribution in [-0.4, -0.2) is 19.8 Å². The molecule has 0 amide bonds. The molecule has 0 radical (unpaired) electrons. The first-order valence-corrected chi connectivity index (χ1v) is 3.07. The Balaban J connectivity index is 2.16. The van der Waals surface area contributed by atoms with E-state index in [0.29, 0.717) is 0 Å². The highest BCUT2D eigenvalue weighted by molar-refractivity contribution is 4.80. The summed E-state index contributed by atoms with van der Waals surface area (Å²) in [4.78, 5) is 0. The second kappa shape index (κ2) is 2.40. The number of ether oxygens (including phenoxy) is 2. The second-order valence-electron chi connectivity index (χ2n) is 2.78. The number of hydrogen-bond acceptors (Lipinski definition) is 2. The van der Waals surface area contributed by atoms with Gasteiger partial charge in [-0.3, -0.25) is 0 Å². The van der Waals surface area contributed by atoms with E-state index >= 15 is 0 Å². The van der Waals surface area contributed by atoms with Gasteiger partial charge in [-0.15, -0.1) is 0 Å². The highest BCUT2D eigenvalue weighted by Gasteiger charge is 2.33. The van der Waals surface area contributed by atoms with E-state index in [9.17, 15) is 0 Å². The zero-order chi connectivity index (χ0) is 6.74. The molecule has 1 heterocycles. The zero-order valence-electron chi connectivity index (χ0n) is 5.72. The van der Waals surface area contributed by atoms with Crippen molar-refractivity contribution in [2.75, 3.05) is 19.8 Å². The molecule has 1 rings (SSSR count). The van der Waals surface area contributed by atoms with Crippen LogP contribution in [0.2, 0.25) is 0 Å². The van der Waals surface area contributed by atoms with Gasteiger partial charge >= 0.3 is 0 Å². The average Bonchev–Trinajstić information content (AvgIpc) is 1.79. The summed E-state index contributed by atoms with van der Waals surface area (Å²) >= 11 is 0. The van der Waals surface area contributed by atoms with Crippen molar-refractivity contribution in [3.8, 4) is 0 Å². The van der Waals surface area contributed by atoms with Crippen molar-refractivity contribution in [1.29, 1.82) is 0 Å². The summed E-state index contributed by atoms with van der Waals surface area (Å²) in [5.41, 5.74) is 0.258. The minimum atomic E-state index is 0.258. The standard InChI is InChI=1S/C7H12O2/c1-3-8-4-7(2)5-9-6-7/h3H,1,4-6H2,2H3. The van der Waals surface area contributed by atoms with Gasteiger partial charge in [0.05, 0.1) is 26.1 Å². The third-order valence-corrected chi connectivity index (χ3v) is 1.45. The molecule has 0 saturated carbocycles. The van der Waals surface area contributed by atoms with E-state index in [1.807, 2.05) is 0 Å². The largest absolute Gasteiger partial charge is 0.501 e. The first-order valence-electron chi connectivity index (χ1n) is 3.07. The quantitative estimate of drug-likeness (QED) is 0.531. The van der Waals surface area contributed by atoms with Crippen molar-refractivity contribution >= 4 is 0 Å². The Labute approximate surface area is 55.5 Å². The van der Waals surface area contributed by atoms with E-state index < -0.39 is 0 Å². The summed E-state index contributed by atoms with van der Waals surface area (Å²) in [5, 5.41) is 0. The molecule has 9 heavy (non-hydrogen) atoms. The van der Waals surface area contributed by atoms with Crippen LogP contribution in [0.25, 0.3) is 0 Å². The molecule has 1 saturated heterocycles. The van der Waals surface area contributed by atoms with Gasteiger partial charge in [0, 0.05) is 5.41 Å². The van der Waals surface area contributed by atoms with Crippen LogP contribution in [0.1, 0.15) is 6.92 Å². The van der Waals surface area contributed by atoms with Crippen molar-refractivity contribution in [3.05, 3.63) is 12.8 Å². The monoisotopic (exact) mass is 128 g/mol. The molecular weight excluding hydrogens is 116 g/mol. The predicted octanol–water partition coefficient (Wildman–Crippen LogP) is 1.18. The van der Waals surface area contributed by atoms with Crippen LogP contribution in [0.15, 0.2) is 12.8 Å². The lowest BCUT2D eigenvalue weighted by Crippen LogP contribution is -2.43. The Kier molecular flexibility index (Phi) is 1.76. The summed E-state index contributed by atoms with van der Waals surface area (Å²) in [7, 11) is 0. The fraction of sp³-hybridized carbons (Fsp3) is 0.714. The molecule has 0 bridgehead atoms. The van der Waals surface area contributed by atoms with Gasteiger partial charge in [0.1, 0.15) is 0 Å². The Bertz CT molecular complexity index is 105. The molecule has 0 aliphatic carbocycles. The van der Waals surface area contributed by atoms with Gasteiger partial charge in [0.25, 0.3) is 0 Å². The third-order valence-electron chi connectivity index (χ3n) is 1.45. The van der Waals surface area contributed by atoms with Gasteiger partial charge in [0.15, 0.2) is 0 Å². The van der Waals surface area contributed by atoms with E-state index in [-0.39, 0.29) is 5.41 Å². The minimum absolute atomic E-state index is 0.258. The smallest absolute Gasteiger partial charge is 0.0970 e. The molecular formula is C7H12O2. The first kappa shape index (κ1) is 6.62. The van der Waals surface area contributed by atoms with E-state index in [2.05, 4.69) is 13.5 Å². The molecule has 0 aromatic heterocycles. The van der Waals surface area contributed by atoms with Gasteiger partial charge < -0.3 is 9.47 Å². The number of rotatable bonds is 3. The summed E-state index contributed by atoms with van der Waals surface area (Å²) in [5.74, 6) is 0. The Morgan fingerprint density at radius 3 is 2.78 bits per heavy atom. The Morgan fingerprint density at radius 2 is 2.44 bits per heavy atom. The predicted molar refractivity (Wildman–Crippen MR) is 35.1 cm³/mol. The maximum absolute atomic E-state index is 5.02. The van der Waals surface area contributed by atoms with Crippen LogP contribution in [0, 0.1) is 5.41 Å². The van der Waals surface area contributed by atoms with E-state index in [1.54, 1.807) is 0 Å². The molecule has 1 fully saturated rings. The summed E-state index contributed by atoms with van der Waals surface area (Å²) < 4.78 is 10.0. The summed E-state index contributed by atoms with van der Waals surface area (Å²) in [6.07, 6.45) is 1.48. The van der Waals surface area contributed by atoms with Gasteiger partial charge in [-0.25, -0.2) is 0 Å². The van der Waals surface area contributed by atoms with Crippen molar-refractivity contribution in [2.45, 2.75) is 6.92 Å². The molecule has 0 atom stereocenters. The minimum Gasteiger partial charge on any atom is -0.501 e. The SMILES string of the molecule is C=COCC1(C)COC1. The molecule has 0 aromatic carbocycles. The van der Waals surface area contributed by atoms with Crippen molar-refractivity contribution in [2.24, 2.45) is 5.41 Å². The van der Waals surface area contributed by atoms with Crippen LogP contribution in [0.4, 0.5) is 0 Å². The maximum Gasteiger partial charge on any atom is 0.0970 e. The molecule has 1 aliphatic heterocycles. The van der Waals surface area contributed by atoms with Crippen molar-refractivity contribution in [1.82, 2.24) is 0 Å². The van der Waals surface area contributed by atoms with E-state index in [0.717, 1.165) is 19.8 Å². The lowest BCUT2D eigenvalue weighted by Gasteiger charge is -2.36. The van der Waals surface area contributed by atoms with Crippen molar-refractivity contribution < 1.29 is 9.47 Å². The lowest BCUT2D eigenvalue weighted by atomic mass is 9.90. The Hall–Kier alpha value is -0.500. The highest BCUT2D eigenvalue weighted by atomic mass is 16.5. The van der Waals surface area contributed by atoms with Gasteiger partial charge in [-0.05, 0) is 0 Å². The van der Waals surface area contributed by atoms with Crippen LogP contribution >= 0.6 is 0 Å². The zero-order valence-corrected chi connectivity index (χ0v) is 5.72. The molecule has 52 valence electrons. The summed E-state index contributed by atoms with van der Waals surface area (Å²) in [6.45, 7) is 7.97. The van der Waals surface area contributed by atoms with E-state index in [1.165, 1.54) is 6.26 Å². The molecule has 0 N–H and O–H groups in total. The molecule has 0 aromatic rings. The normalized spacial score (nSPS) is 22.3. The maximum atomic E-state index is 5.02. The summed E-state index contributed by atoms with van der Waals surface area (Å²) in [6, 6.07) is 0. The first-order chi connectivity index (χ1) is 4.27. The molecule has 0 spiro atoms. The fourth-order valence-corrected chi connectivity index (χ4v) is 0.794. The van der Waals surface area contributed by atoms with Crippen LogP contribution in [0.3, 0.4) is 0 Å². The molecule has 2 nitrogen and oxygen atoms in total. The van der Waals surface area contributed by atoms with E-state index in [4.69, 9.17) is 9.47 Å². The third kappa shape index (κ3) is 1.45. The lowest BCUT2D eigenvalue weighted by molar-refractivity contribution is -0.126. The Morgan fingerprint density at radius 1 is 1.78 bits per heavy atom. The molecule has 2 heteroatoms. The van der Waals surface area contributed by atoms with Crippen LogP contribution in [-0.2, 0) is 9.47 Å². The van der Waals surface area contributed by atoms with Crippen LogP contribution < -0.4 is 0 Å². The van der Waals surface area contributed by atoms with Gasteiger partial charge in [-0.1, -0.05) is 13.5 Å². The average molecular weight is 128 g/mol. The highest BCUT2D eigenvalue weighted by Crippen LogP contribution is 2.26. The fourth-order valence-electron chi connectivity index (χ4n) is 0.794. The van der Waals surface area contributed by atoms with Gasteiger partial charge in [-0.2, -0.15) is 0 Å². The molecule has 1 aliphatic rings. The second-order valence-corrected chi connectivity index (χ2v) is 2.78. The van der Waals surface area contributed by atoms with Crippen molar-refractivity contribution in [3.63, 3.8) is 0 Å².